The molecule has 0 bridgehead atoms. The third-order valence-electron chi connectivity index (χ3n) is 16.9. The van der Waals surface area contributed by atoms with Crippen molar-refractivity contribution in [2.45, 2.75) is 227 Å². The molecule has 1 N–H and O–H groups in total. The van der Waals surface area contributed by atoms with Crippen molar-refractivity contribution in [2.75, 3.05) is 47.5 Å². The number of hydrogen-bond donors (Lipinski definition) is 1. The lowest BCUT2D eigenvalue weighted by molar-refractivity contribution is -0.870. The maximum atomic E-state index is 13.2. The summed E-state index contributed by atoms with van der Waals surface area (Å²) in [5.41, 5.74) is 2.03. The first-order chi connectivity index (χ1) is 32.8. The molecule has 0 aromatic heterocycles. The number of carbonyl (C=O) groups excluding carboxylic acids is 3. The zero-order valence-electron chi connectivity index (χ0n) is 45.3. The minimum absolute atomic E-state index is 0.0218. The fraction of sp³-hybridized carbons (Fsp3) is 0.877. The lowest BCUT2D eigenvalue weighted by Gasteiger charge is -2.58. The average Bonchev–Trinajstić information content (AvgIpc) is 3.64. The first-order valence-corrected chi connectivity index (χ1v) is 29.6. The number of rotatable bonds is 34. The van der Waals surface area contributed by atoms with Crippen LogP contribution in [-0.4, -0.2) is 87.0 Å². The summed E-state index contributed by atoms with van der Waals surface area (Å²) >= 11 is 0. The van der Waals surface area contributed by atoms with E-state index >= 15 is 0 Å². The van der Waals surface area contributed by atoms with Crippen LogP contribution in [0.25, 0.3) is 0 Å². The van der Waals surface area contributed by atoms with E-state index in [1.807, 2.05) is 21.1 Å². The van der Waals surface area contributed by atoms with Crippen molar-refractivity contribution in [3.8, 4) is 0 Å². The van der Waals surface area contributed by atoms with Crippen molar-refractivity contribution in [2.24, 2.45) is 46.3 Å². The largest absolute Gasteiger partial charge is 0.472 e. The van der Waals surface area contributed by atoms with Crippen LogP contribution in [0.1, 0.15) is 215 Å². The highest BCUT2D eigenvalue weighted by Gasteiger charge is 2.59. The first kappa shape index (κ1) is 59.5. The van der Waals surface area contributed by atoms with Crippen LogP contribution in [0, 0.1) is 46.3 Å². The van der Waals surface area contributed by atoms with Crippen molar-refractivity contribution >= 4 is 25.7 Å². The van der Waals surface area contributed by atoms with E-state index in [-0.39, 0.29) is 44.0 Å². The molecule has 10 atom stereocenters. The number of phosphoric acid groups is 1. The van der Waals surface area contributed by atoms with Gasteiger partial charge in [0, 0.05) is 12.8 Å². The van der Waals surface area contributed by atoms with Crippen LogP contribution in [0.15, 0.2) is 23.8 Å². The summed E-state index contributed by atoms with van der Waals surface area (Å²) in [5, 5.41) is 0. The molecular formula is C57H101NO10P+. The van der Waals surface area contributed by atoms with Gasteiger partial charge in [-0.25, -0.2) is 4.57 Å². The number of nitrogens with zero attached hydrogens (tertiary/aromatic N) is 1. The molecule has 0 spiro atoms. The quantitative estimate of drug-likeness (QED) is 0.0166. The molecule has 0 aromatic rings. The number of esters is 3. The number of carbonyl (C=O) groups is 3. The summed E-state index contributed by atoms with van der Waals surface area (Å²) in [6.07, 6.45) is 33.6. The summed E-state index contributed by atoms with van der Waals surface area (Å²) in [7, 11) is 1.30. The molecular weight excluding hydrogens is 890 g/mol. The van der Waals surface area contributed by atoms with Crippen LogP contribution in [0.5, 0.6) is 0 Å². The van der Waals surface area contributed by atoms with Gasteiger partial charge in [-0.2, -0.15) is 0 Å². The number of hydrogen-bond acceptors (Lipinski definition) is 9. The Kier molecular flexibility index (Phi) is 25.5. The molecule has 5 unspecified atom stereocenters. The molecule has 4 rings (SSSR count). The van der Waals surface area contributed by atoms with Gasteiger partial charge in [0.25, 0.3) is 0 Å². The highest BCUT2D eigenvalue weighted by atomic mass is 31.2. The molecule has 0 saturated heterocycles. The first-order valence-electron chi connectivity index (χ1n) is 28.1. The number of allylic oxidation sites excluding steroid dienone is 3. The van der Waals surface area contributed by atoms with Gasteiger partial charge < -0.3 is 23.6 Å². The van der Waals surface area contributed by atoms with Crippen molar-refractivity contribution < 1.29 is 51.6 Å². The van der Waals surface area contributed by atoms with E-state index in [1.165, 1.54) is 89.0 Å². The standard InChI is InChI=1S/C57H100NO10P/c1-10-11-12-13-14-15-16-17-18-19-20-21-22-23-24-28-53(59)64-42-48(43-66-69(62,63)65-40-39-58(7,8)9)68-55(61)34-33-54(60)67-47-35-37-56(5)46(41-47)29-30-49-51-32-31-50(45(4)27-25-26-44(2)3)57(51,6)38-36-52(49)56/h17-18,29,44-45,47-52H,10-16,19-28,30-43H2,1-9H3/p+1/b18-17-/t45-,47?,48+,49?,50-,51?,52?,56+,57-/m0/s1. The summed E-state index contributed by atoms with van der Waals surface area (Å²) in [4.78, 5) is 49.4. The van der Waals surface area contributed by atoms with Crippen LogP contribution in [0.4, 0.5) is 0 Å². The molecule has 398 valence electrons. The number of unbranched alkanes of at least 4 members (excludes halogenated alkanes) is 11. The van der Waals surface area contributed by atoms with Crippen LogP contribution in [-0.2, 0) is 42.2 Å². The molecule has 0 heterocycles. The number of fused-ring (bicyclic) bond motifs is 5. The molecule has 4 aliphatic rings. The van der Waals surface area contributed by atoms with Crippen molar-refractivity contribution in [1.82, 2.24) is 0 Å². The summed E-state index contributed by atoms with van der Waals surface area (Å²) in [6, 6.07) is 0. The van der Waals surface area contributed by atoms with Gasteiger partial charge >= 0.3 is 25.7 Å². The summed E-state index contributed by atoms with van der Waals surface area (Å²) in [6.45, 7) is 14.2. The van der Waals surface area contributed by atoms with Crippen LogP contribution < -0.4 is 0 Å². The van der Waals surface area contributed by atoms with E-state index < -0.39 is 38.4 Å². The predicted octanol–water partition coefficient (Wildman–Crippen LogP) is 14.1. The molecule has 3 fully saturated rings. The molecule has 12 heteroatoms. The molecule has 0 radical (unpaired) electrons. The Hall–Kier alpha value is -2.04. The van der Waals surface area contributed by atoms with E-state index in [0.717, 1.165) is 93.8 Å². The number of quaternary nitrogens is 1. The van der Waals surface area contributed by atoms with Gasteiger partial charge in [0.2, 0.25) is 0 Å². The lowest BCUT2D eigenvalue weighted by Crippen LogP contribution is -2.51. The smallest absolute Gasteiger partial charge is 0.462 e. The van der Waals surface area contributed by atoms with Gasteiger partial charge in [0.15, 0.2) is 6.10 Å². The Morgan fingerprint density at radius 2 is 1.43 bits per heavy atom. The predicted molar refractivity (Wildman–Crippen MR) is 277 cm³/mol. The number of likely N-dealkylation sites (N-methyl/N-ethyl adjacent to an activating group) is 1. The van der Waals surface area contributed by atoms with Crippen molar-refractivity contribution in [1.29, 1.82) is 0 Å². The third-order valence-corrected chi connectivity index (χ3v) is 17.9. The van der Waals surface area contributed by atoms with Gasteiger partial charge in [0.05, 0.1) is 40.6 Å². The van der Waals surface area contributed by atoms with Crippen LogP contribution >= 0.6 is 7.82 Å². The second-order valence-corrected chi connectivity index (χ2v) is 25.3. The molecule has 11 nitrogen and oxygen atoms in total. The zero-order chi connectivity index (χ0) is 50.5. The van der Waals surface area contributed by atoms with Gasteiger partial charge in [-0.15, -0.1) is 0 Å². The Morgan fingerprint density at radius 1 is 0.768 bits per heavy atom. The van der Waals surface area contributed by atoms with Gasteiger partial charge in [-0.1, -0.05) is 136 Å². The Balaban J connectivity index is 1.19. The maximum Gasteiger partial charge on any atom is 0.472 e. The average molecular weight is 991 g/mol. The molecule has 3 saturated carbocycles. The van der Waals surface area contributed by atoms with Crippen molar-refractivity contribution in [3.05, 3.63) is 23.8 Å². The maximum absolute atomic E-state index is 13.2. The van der Waals surface area contributed by atoms with E-state index in [1.54, 1.807) is 0 Å². The van der Waals surface area contributed by atoms with Crippen LogP contribution in [0.2, 0.25) is 0 Å². The topological polar surface area (TPSA) is 135 Å². The van der Waals surface area contributed by atoms with Gasteiger partial charge in [0.1, 0.15) is 25.9 Å². The molecule has 0 aliphatic heterocycles. The fourth-order valence-electron chi connectivity index (χ4n) is 12.8. The van der Waals surface area contributed by atoms with E-state index in [0.29, 0.717) is 28.8 Å². The Bertz CT molecular complexity index is 1660. The zero-order valence-corrected chi connectivity index (χ0v) is 46.2. The monoisotopic (exact) mass is 991 g/mol. The highest BCUT2D eigenvalue weighted by Crippen LogP contribution is 2.67. The molecule has 0 amide bonds. The molecule has 69 heavy (non-hydrogen) atoms. The van der Waals surface area contributed by atoms with E-state index in [2.05, 4.69) is 59.8 Å². The fourth-order valence-corrected chi connectivity index (χ4v) is 13.5. The van der Waals surface area contributed by atoms with Gasteiger partial charge in [-0.3, -0.25) is 23.4 Å². The minimum Gasteiger partial charge on any atom is -0.462 e. The highest BCUT2D eigenvalue weighted by molar-refractivity contribution is 7.47. The Morgan fingerprint density at radius 3 is 2.12 bits per heavy atom. The molecule has 4 aliphatic carbocycles. The second kappa shape index (κ2) is 29.6. The number of ether oxygens (including phenoxy) is 3. The normalized spacial score (nSPS) is 27.5. The molecule has 0 aromatic carbocycles. The second-order valence-electron chi connectivity index (χ2n) is 23.9. The Labute approximate surface area is 420 Å². The van der Waals surface area contributed by atoms with Crippen molar-refractivity contribution in [3.63, 3.8) is 0 Å². The van der Waals surface area contributed by atoms with E-state index in [4.69, 9.17) is 23.3 Å². The summed E-state index contributed by atoms with van der Waals surface area (Å²) in [5.74, 6) is 2.99. The SMILES string of the molecule is CCCCCCCC/C=C\CCCCCCCC(=O)OC[C@H](COP(=O)(O)OCC[N+](C)(C)C)OC(=O)CCC(=O)OC1CC[C@]2(C)C(=CCC3C2CC[C@]2(C)C3CC[C@H]2[C@@H](C)CCCC(C)C)C1. The summed E-state index contributed by atoms with van der Waals surface area (Å²) < 4.78 is 40.6. The van der Waals surface area contributed by atoms with Gasteiger partial charge in [-0.05, 0) is 123 Å². The minimum atomic E-state index is -4.49. The van der Waals surface area contributed by atoms with E-state index in [9.17, 15) is 23.8 Å². The lowest BCUT2D eigenvalue weighted by atomic mass is 9.47. The number of phosphoric ester groups is 1. The van der Waals surface area contributed by atoms with Crippen LogP contribution in [0.3, 0.4) is 0 Å². The third kappa shape index (κ3) is 20.4.